The van der Waals surface area contributed by atoms with Crippen LogP contribution in [0.3, 0.4) is 0 Å². The van der Waals surface area contributed by atoms with Crippen LogP contribution in [-0.4, -0.2) is 27.9 Å². The summed E-state index contributed by atoms with van der Waals surface area (Å²) in [6, 6.07) is 6.73. The van der Waals surface area contributed by atoms with Gasteiger partial charge in [0.25, 0.3) is 0 Å². The predicted molar refractivity (Wildman–Crippen MR) is 84.3 cm³/mol. The molecule has 1 aliphatic heterocycles. The highest BCUT2D eigenvalue weighted by atomic mass is 16.5. The van der Waals surface area contributed by atoms with Gasteiger partial charge < -0.3 is 10.1 Å². The number of ether oxygens (including phenoxy) is 1. The lowest BCUT2D eigenvalue weighted by molar-refractivity contribution is -0.0932. The maximum Gasteiger partial charge on any atom is 0.0706 e. The normalized spacial score (nSPS) is 21.7. The third kappa shape index (κ3) is 2.97. The van der Waals surface area contributed by atoms with Crippen LogP contribution in [0.1, 0.15) is 45.1 Å². The van der Waals surface area contributed by atoms with Crippen LogP contribution in [-0.2, 0) is 11.3 Å². The second kappa shape index (κ2) is 6.16. The van der Waals surface area contributed by atoms with Gasteiger partial charge in [0.1, 0.15) is 0 Å². The van der Waals surface area contributed by atoms with Gasteiger partial charge in [-0.25, -0.2) is 4.52 Å². The number of rotatable bonds is 5. The molecule has 3 heterocycles. The first-order valence-electron chi connectivity index (χ1n) is 8.05. The van der Waals surface area contributed by atoms with E-state index in [1.807, 2.05) is 23.0 Å². The van der Waals surface area contributed by atoms with Crippen molar-refractivity contribution in [2.45, 2.75) is 57.7 Å². The maximum absolute atomic E-state index is 6.04. The lowest BCUT2D eigenvalue weighted by Crippen LogP contribution is -2.46. The van der Waals surface area contributed by atoms with Crippen LogP contribution < -0.4 is 5.32 Å². The van der Waals surface area contributed by atoms with Gasteiger partial charge in [0.15, 0.2) is 0 Å². The zero-order valence-electron chi connectivity index (χ0n) is 13.0. The standard InChI is InChI=1S/C17H25N3O/c1-3-17(4-2)11-15(8-10-21-17)18-12-14-13-19-20-9-6-5-7-16(14)20/h5-7,9,13,15,18H,3-4,8,10-12H2,1-2H3. The Kier molecular flexibility index (Phi) is 4.27. The summed E-state index contributed by atoms with van der Waals surface area (Å²) in [6.45, 7) is 6.21. The summed E-state index contributed by atoms with van der Waals surface area (Å²) in [5.41, 5.74) is 2.53. The van der Waals surface area contributed by atoms with E-state index in [1.165, 1.54) is 11.1 Å². The average molecular weight is 287 g/mol. The van der Waals surface area contributed by atoms with Gasteiger partial charge in [-0.15, -0.1) is 0 Å². The Morgan fingerprint density at radius 3 is 3.05 bits per heavy atom. The second-order valence-corrected chi connectivity index (χ2v) is 6.01. The van der Waals surface area contributed by atoms with Gasteiger partial charge in [0.2, 0.25) is 0 Å². The van der Waals surface area contributed by atoms with Gasteiger partial charge in [-0.1, -0.05) is 19.9 Å². The smallest absolute Gasteiger partial charge is 0.0706 e. The Labute approximate surface area is 126 Å². The first-order valence-corrected chi connectivity index (χ1v) is 8.05. The number of pyridine rings is 1. The van der Waals surface area contributed by atoms with E-state index in [0.717, 1.165) is 38.8 Å². The van der Waals surface area contributed by atoms with Crippen LogP contribution in [0.2, 0.25) is 0 Å². The van der Waals surface area contributed by atoms with Crippen LogP contribution in [0.15, 0.2) is 30.6 Å². The van der Waals surface area contributed by atoms with Crippen molar-refractivity contribution in [2.75, 3.05) is 6.61 Å². The van der Waals surface area contributed by atoms with Crippen molar-refractivity contribution in [3.63, 3.8) is 0 Å². The molecular weight excluding hydrogens is 262 g/mol. The lowest BCUT2D eigenvalue weighted by atomic mass is 9.86. The minimum absolute atomic E-state index is 0.0804. The fraction of sp³-hybridized carbons (Fsp3) is 0.588. The van der Waals surface area contributed by atoms with Gasteiger partial charge in [0.05, 0.1) is 17.3 Å². The summed E-state index contributed by atoms with van der Waals surface area (Å²) in [5, 5.41) is 8.10. The van der Waals surface area contributed by atoms with E-state index in [9.17, 15) is 0 Å². The number of hydrogen-bond acceptors (Lipinski definition) is 3. The summed E-state index contributed by atoms with van der Waals surface area (Å²) >= 11 is 0. The summed E-state index contributed by atoms with van der Waals surface area (Å²) in [7, 11) is 0. The zero-order chi connectivity index (χ0) is 14.7. The Morgan fingerprint density at radius 2 is 2.24 bits per heavy atom. The molecule has 4 heteroatoms. The third-order valence-electron chi connectivity index (χ3n) is 4.87. The Bertz CT molecular complexity index is 588. The van der Waals surface area contributed by atoms with Crippen molar-refractivity contribution in [3.05, 3.63) is 36.2 Å². The van der Waals surface area contributed by atoms with Crippen molar-refractivity contribution in [1.29, 1.82) is 0 Å². The van der Waals surface area contributed by atoms with Gasteiger partial charge in [-0.2, -0.15) is 5.10 Å². The maximum atomic E-state index is 6.04. The molecule has 3 rings (SSSR count). The van der Waals surface area contributed by atoms with E-state index in [4.69, 9.17) is 4.74 Å². The van der Waals surface area contributed by atoms with Crippen molar-refractivity contribution in [3.8, 4) is 0 Å². The van der Waals surface area contributed by atoms with Crippen LogP contribution in [0.25, 0.3) is 5.52 Å². The fourth-order valence-electron chi connectivity index (χ4n) is 3.32. The second-order valence-electron chi connectivity index (χ2n) is 6.01. The molecule has 0 radical (unpaired) electrons. The van der Waals surface area contributed by atoms with Gasteiger partial charge in [-0.05, 0) is 37.8 Å². The van der Waals surface area contributed by atoms with Gasteiger partial charge in [-0.3, -0.25) is 0 Å². The molecule has 21 heavy (non-hydrogen) atoms. The third-order valence-corrected chi connectivity index (χ3v) is 4.87. The minimum Gasteiger partial charge on any atom is -0.375 e. The largest absolute Gasteiger partial charge is 0.375 e. The quantitative estimate of drug-likeness (QED) is 0.918. The van der Waals surface area contributed by atoms with Crippen LogP contribution >= 0.6 is 0 Å². The molecule has 1 aliphatic rings. The van der Waals surface area contributed by atoms with E-state index >= 15 is 0 Å². The fourth-order valence-corrected chi connectivity index (χ4v) is 3.32. The Hall–Kier alpha value is -1.39. The molecule has 1 N–H and O–H groups in total. The van der Waals surface area contributed by atoms with Gasteiger partial charge in [0, 0.05) is 31.0 Å². The Morgan fingerprint density at radius 1 is 1.38 bits per heavy atom. The van der Waals surface area contributed by atoms with E-state index in [1.54, 1.807) is 0 Å². The summed E-state index contributed by atoms with van der Waals surface area (Å²) in [4.78, 5) is 0. The molecule has 114 valence electrons. The van der Waals surface area contributed by atoms with Crippen LogP contribution in [0, 0.1) is 0 Å². The van der Waals surface area contributed by atoms with E-state index in [-0.39, 0.29) is 5.60 Å². The molecule has 2 aromatic rings. The number of aromatic nitrogens is 2. The summed E-state index contributed by atoms with van der Waals surface area (Å²) in [6.07, 6.45) is 8.36. The van der Waals surface area contributed by atoms with E-state index in [0.29, 0.717) is 6.04 Å². The lowest BCUT2D eigenvalue weighted by Gasteiger charge is -2.40. The predicted octanol–water partition coefficient (Wildman–Crippen LogP) is 3.16. The topological polar surface area (TPSA) is 38.6 Å². The van der Waals surface area contributed by atoms with Crippen LogP contribution in [0.4, 0.5) is 0 Å². The molecule has 1 atom stereocenters. The zero-order valence-corrected chi connectivity index (χ0v) is 13.0. The molecule has 1 saturated heterocycles. The van der Waals surface area contributed by atoms with Crippen molar-refractivity contribution >= 4 is 5.52 Å². The molecule has 0 spiro atoms. The first-order chi connectivity index (χ1) is 10.3. The van der Waals surface area contributed by atoms with Crippen molar-refractivity contribution < 1.29 is 4.74 Å². The Balaban J connectivity index is 1.65. The van der Waals surface area contributed by atoms with Gasteiger partial charge >= 0.3 is 0 Å². The first kappa shape index (κ1) is 14.5. The molecular formula is C17H25N3O. The van der Waals surface area contributed by atoms with Crippen LogP contribution in [0.5, 0.6) is 0 Å². The summed E-state index contributed by atoms with van der Waals surface area (Å²) in [5.74, 6) is 0. The van der Waals surface area contributed by atoms with E-state index in [2.05, 4.69) is 36.4 Å². The molecule has 1 fully saturated rings. The molecule has 0 amide bonds. The molecule has 4 nitrogen and oxygen atoms in total. The molecule has 1 unspecified atom stereocenters. The van der Waals surface area contributed by atoms with Crippen molar-refractivity contribution in [1.82, 2.24) is 14.9 Å². The monoisotopic (exact) mass is 287 g/mol. The van der Waals surface area contributed by atoms with E-state index < -0.39 is 0 Å². The SMILES string of the molecule is CCC1(CC)CC(NCc2cnn3ccccc23)CCO1. The van der Waals surface area contributed by atoms with Crippen molar-refractivity contribution in [2.24, 2.45) is 0 Å². The number of nitrogens with zero attached hydrogens (tertiary/aromatic N) is 2. The highest BCUT2D eigenvalue weighted by Crippen LogP contribution is 2.31. The minimum atomic E-state index is 0.0804. The average Bonchev–Trinajstić information content (AvgIpc) is 2.96. The highest BCUT2D eigenvalue weighted by Gasteiger charge is 2.34. The molecule has 0 aromatic carbocycles. The highest BCUT2D eigenvalue weighted by molar-refractivity contribution is 5.53. The summed E-state index contributed by atoms with van der Waals surface area (Å²) < 4.78 is 7.98. The number of fused-ring (bicyclic) bond motifs is 1. The number of hydrogen-bond donors (Lipinski definition) is 1. The molecule has 0 bridgehead atoms. The number of nitrogens with one attached hydrogen (secondary N) is 1. The molecule has 0 saturated carbocycles. The molecule has 0 aliphatic carbocycles. The molecule has 2 aromatic heterocycles.